The second kappa shape index (κ2) is 32.0. The van der Waals surface area contributed by atoms with Gasteiger partial charge in [0.25, 0.3) is 0 Å². The summed E-state index contributed by atoms with van der Waals surface area (Å²) < 4.78 is 13.9. The van der Waals surface area contributed by atoms with Crippen LogP contribution in [0, 0.1) is 0 Å². The van der Waals surface area contributed by atoms with Gasteiger partial charge in [-0.25, -0.2) is 44.9 Å². The molecule has 0 unspecified atom stereocenters. The van der Waals surface area contributed by atoms with E-state index in [-0.39, 0.29) is 0 Å². The normalized spacial score (nSPS) is 11.6. The molecule has 0 radical (unpaired) electrons. The third-order valence-electron chi connectivity index (χ3n) is 25.1. The molecule has 0 spiro atoms. The highest BCUT2D eigenvalue weighted by Crippen LogP contribution is 2.44. The molecule has 27 aromatic rings. The maximum Gasteiger partial charge on any atom is 0.183 e. The third kappa shape index (κ3) is 13.2. The van der Waals surface area contributed by atoms with Crippen LogP contribution in [0.3, 0.4) is 0 Å². The van der Waals surface area contributed by atoms with Crippen molar-refractivity contribution in [3.63, 3.8) is 0 Å². The molecule has 16 aromatic carbocycles. The van der Waals surface area contributed by atoms with E-state index in [4.69, 9.17) is 34.9 Å². The molecule has 0 atom stereocenters. The van der Waals surface area contributed by atoms with Gasteiger partial charge >= 0.3 is 0 Å². The molecule has 16 heteroatoms. The summed E-state index contributed by atoms with van der Waals surface area (Å²) in [5.74, 6) is 3.69. The molecule has 0 aliphatic heterocycles. The number of fused-ring (bicyclic) bond motifs is 18. The van der Waals surface area contributed by atoms with Gasteiger partial charge in [-0.05, 0) is 158 Å². The first-order chi connectivity index (χ1) is 65.5. The summed E-state index contributed by atoms with van der Waals surface area (Å²) in [4.78, 5) is 48.4. The van der Waals surface area contributed by atoms with Crippen LogP contribution >= 0.6 is 0 Å². The van der Waals surface area contributed by atoms with Gasteiger partial charge in [0.15, 0.2) is 34.9 Å². The Labute approximate surface area is 755 Å². The smallest absolute Gasteiger partial charge is 0.183 e. The fourth-order valence-corrected chi connectivity index (χ4v) is 19.0. The predicted molar refractivity (Wildman–Crippen MR) is 536 cm³/mol. The Morgan fingerprint density at radius 3 is 1.02 bits per heavy atom. The molecule has 0 saturated carbocycles. The van der Waals surface area contributed by atoms with Crippen molar-refractivity contribution in [2.24, 2.45) is 0 Å². The fourth-order valence-electron chi connectivity index (χ4n) is 19.0. The highest BCUT2D eigenvalue weighted by Gasteiger charge is 2.25. The first kappa shape index (κ1) is 76.2. The molecular formula is C116H74N16. The highest BCUT2D eigenvalue weighted by atomic mass is 15.1. The summed E-state index contributed by atoms with van der Waals surface area (Å²) in [6, 6.07) is 141. The SMILES string of the molecule is c1ccc(-c2nc(-c3ccccc3)nc(-c3nc(-c4ccc(-n5c6ccccc6c6ccc7c(ccn7-c7ccccc7)c65)cc4)nc4ccccc34)n2)cc1.c1ccc(-n2ccc3c2ccc2c4ccccc4n(-c4cccc(-c5ncc6ccccc6n5)c4)c23)cc1.c1ccc(-n2ccc3c2ccc2c4ccccc4n(-c4cccc(-c5ncc6cnccc6n5)c4)c23)cc1. The summed E-state index contributed by atoms with van der Waals surface area (Å²) in [7, 11) is 0. The topological polar surface area (TPSA) is 158 Å². The number of aromatic nitrogens is 16. The zero-order valence-electron chi connectivity index (χ0n) is 70.9. The van der Waals surface area contributed by atoms with Gasteiger partial charge < -0.3 is 27.4 Å². The van der Waals surface area contributed by atoms with Crippen LogP contribution < -0.4 is 0 Å². The van der Waals surface area contributed by atoms with Gasteiger partial charge in [0.05, 0.1) is 66.2 Å². The largest absolute Gasteiger partial charge is 0.316 e. The Bertz CT molecular complexity index is 8790. The van der Waals surface area contributed by atoms with Crippen molar-refractivity contribution in [3.8, 4) is 103 Å². The Balaban J connectivity index is 0.000000110. The summed E-state index contributed by atoms with van der Waals surface area (Å²) in [6.07, 6.45) is 13.8. The van der Waals surface area contributed by atoms with Crippen LogP contribution in [-0.4, -0.2) is 77.2 Å². The van der Waals surface area contributed by atoms with Crippen molar-refractivity contribution in [2.45, 2.75) is 0 Å². The lowest BCUT2D eigenvalue weighted by molar-refractivity contribution is 1.06. The van der Waals surface area contributed by atoms with Crippen LogP contribution in [0.25, 0.3) is 233 Å². The molecule has 0 N–H and O–H groups in total. The first-order valence-corrected chi connectivity index (χ1v) is 44.0. The van der Waals surface area contributed by atoms with E-state index in [1.807, 2.05) is 134 Å². The molecule has 0 bridgehead atoms. The van der Waals surface area contributed by atoms with Gasteiger partial charge in [-0.15, -0.1) is 0 Å². The molecule has 0 aliphatic rings. The minimum atomic E-state index is 0.492. The average molecular weight is 1690 g/mol. The lowest BCUT2D eigenvalue weighted by Gasteiger charge is -2.12. The van der Waals surface area contributed by atoms with Crippen LogP contribution in [0.4, 0.5) is 0 Å². The quantitative estimate of drug-likeness (QED) is 0.115. The molecule has 0 saturated heterocycles. The minimum Gasteiger partial charge on any atom is -0.316 e. The van der Waals surface area contributed by atoms with Crippen molar-refractivity contribution < 1.29 is 0 Å². The lowest BCUT2D eigenvalue weighted by atomic mass is 10.1. The van der Waals surface area contributed by atoms with Crippen molar-refractivity contribution >= 4 is 131 Å². The van der Waals surface area contributed by atoms with Gasteiger partial charge in [0, 0.05) is 170 Å². The maximum atomic E-state index is 5.20. The van der Waals surface area contributed by atoms with Crippen LogP contribution in [0.1, 0.15) is 0 Å². The van der Waals surface area contributed by atoms with E-state index >= 15 is 0 Å². The summed E-state index contributed by atoms with van der Waals surface area (Å²) in [5, 5.41) is 13.8. The van der Waals surface area contributed by atoms with Gasteiger partial charge in [0.2, 0.25) is 0 Å². The van der Waals surface area contributed by atoms with Gasteiger partial charge in [-0.3, -0.25) is 4.98 Å². The average Bonchev–Trinajstić information content (AvgIpc) is 1.57. The number of para-hydroxylation sites is 8. The van der Waals surface area contributed by atoms with Crippen molar-refractivity contribution in [1.82, 2.24) is 77.2 Å². The zero-order valence-corrected chi connectivity index (χ0v) is 70.9. The molecule has 0 aliphatic carbocycles. The first-order valence-electron chi connectivity index (χ1n) is 44.0. The van der Waals surface area contributed by atoms with E-state index in [1.54, 1.807) is 12.4 Å². The summed E-state index contributed by atoms with van der Waals surface area (Å²) in [6.45, 7) is 0. The Morgan fingerprint density at radius 2 is 0.538 bits per heavy atom. The Hall–Kier alpha value is -18.3. The molecule has 618 valence electrons. The monoisotopic (exact) mass is 1690 g/mol. The zero-order chi connectivity index (χ0) is 87.1. The number of nitrogens with zero attached hydrogens (tertiary/aromatic N) is 16. The van der Waals surface area contributed by atoms with Gasteiger partial charge in [-0.2, -0.15) is 0 Å². The number of benzene rings is 16. The molecule has 0 amide bonds. The van der Waals surface area contributed by atoms with E-state index in [0.29, 0.717) is 34.8 Å². The van der Waals surface area contributed by atoms with E-state index < -0.39 is 0 Å². The van der Waals surface area contributed by atoms with Crippen molar-refractivity contribution in [1.29, 1.82) is 0 Å². The van der Waals surface area contributed by atoms with Crippen molar-refractivity contribution in [3.05, 3.63) is 450 Å². The van der Waals surface area contributed by atoms with Gasteiger partial charge in [0.1, 0.15) is 5.69 Å². The summed E-state index contributed by atoms with van der Waals surface area (Å²) in [5.41, 5.74) is 25.2. The standard InChI is InChI=1S/C49H31N7.C34H22N4.C33H21N5/c1-4-14-32(15-5-1)47-52-48(33-16-6-2-7-17-33)54-49(53-47)44-39-21-10-12-22-41(39)50-46(51-44)34-24-26-36(27-25-34)56-43-23-13-11-20-37(43)38-28-29-42-40(45(38)56)30-31-55(42)35-18-8-3-9-19-35;1-2-11-25(12-3-1)37-20-19-29-31(37)18-17-28-27-14-5-7-16-32(27)38(33(28)29)26-13-8-10-23(21-26)34-35-22-24-9-4-6-15-30(24)36-34;1-2-8-24(9-3-1)37-18-16-28-30(37)14-13-27-26-11-4-5-12-31(26)38(32(27)28)25-10-6-7-22(19-25)33-35-21-23-20-34-17-15-29(23)36-33/h1-31H;1-22H;1-21H. The van der Waals surface area contributed by atoms with Gasteiger partial charge in [-0.1, -0.05) is 249 Å². The van der Waals surface area contributed by atoms with E-state index in [9.17, 15) is 0 Å². The molecular weight excluding hydrogens is 1620 g/mol. The maximum absolute atomic E-state index is 5.20. The Morgan fingerprint density at radius 1 is 0.182 bits per heavy atom. The number of hydrogen-bond donors (Lipinski definition) is 0. The summed E-state index contributed by atoms with van der Waals surface area (Å²) >= 11 is 0. The predicted octanol–water partition coefficient (Wildman–Crippen LogP) is 27.6. The van der Waals surface area contributed by atoms with E-state index in [1.165, 1.54) is 87.1 Å². The van der Waals surface area contributed by atoms with Crippen LogP contribution in [0.2, 0.25) is 0 Å². The van der Waals surface area contributed by atoms with Crippen LogP contribution in [0.5, 0.6) is 0 Å². The molecule has 27 rings (SSSR count). The molecule has 11 aromatic heterocycles. The molecule has 11 heterocycles. The molecule has 0 fully saturated rings. The van der Waals surface area contributed by atoms with E-state index in [2.05, 4.69) is 346 Å². The Kier molecular flexibility index (Phi) is 18.5. The molecule has 132 heavy (non-hydrogen) atoms. The second-order valence-electron chi connectivity index (χ2n) is 32.8. The van der Waals surface area contributed by atoms with Crippen LogP contribution in [0.15, 0.2) is 450 Å². The second-order valence-corrected chi connectivity index (χ2v) is 32.8. The van der Waals surface area contributed by atoms with E-state index in [0.717, 1.165) is 112 Å². The number of pyridine rings is 1. The highest BCUT2D eigenvalue weighted by molar-refractivity contribution is 6.21. The number of hydrogen-bond acceptors (Lipinski definition) is 10. The van der Waals surface area contributed by atoms with Crippen molar-refractivity contribution in [2.75, 3.05) is 0 Å². The lowest BCUT2D eigenvalue weighted by Crippen LogP contribution is -2.03. The molecule has 16 nitrogen and oxygen atoms in total. The minimum absolute atomic E-state index is 0.492. The van der Waals surface area contributed by atoms with Crippen LogP contribution in [-0.2, 0) is 0 Å². The fraction of sp³-hybridized carbons (Fsp3) is 0. The third-order valence-corrected chi connectivity index (χ3v) is 25.1. The number of rotatable bonds is 12.